The Balaban J connectivity index is 2.02. The van der Waals surface area contributed by atoms with E-state index in [0.717, 1.165) is 16.5 Å². The minimum atomic E-state index is -1.45. The fourth-order valence-electron chi connectivity index (χ4n) is 4.62. The second-order valence-corrected chi connectivity index (χ2v) is 8.98. The van der Waals surface area contributed by atoms with E-state index in [1.807, 2.05) is 73.6 Å². The van der Waals surface area contributed by atoms with Crippen molar-refractivity contribution in [1.29, 1.82) is 0 Å². The lowest BCUT2D eigenvalue weighted by atomic mass is 9.71. The van der Waals surface area contributed by atoms with E-state index in [1.54, 1.807) is 26.4 Å². The molecule has 0 aliphatic heterocycles. The highest BCUT2D eigenvalue weighted by atomic mass is 19.1. The third-order valence-electron chi connectivity index (χ3n) is 6.39. The van der Waals surface area contributed by atoms with Crippen molar-refractivity contribution in [2.24, 2.45) is 0 Å². The molecule has 35 heavy (non-hydrogen) atoms. The van der Waals surface area contributed by atoms with Crippen molar-refractivity contribution in [1.82, 2.24) is 9.88 Å². The van der Waals surface area contributed by atoms with Gasteiger partial charge in [-0.05, 0) is 68.0 Å². The maximum absolute atomic E-state index is 14.4. The van der Waals surface area contributed by atoms with Crippen LogP contribution in [0.3, 0.4) is 0 Å². The smallest absolute Gasteiger partial charge is 0.217 e. The predicted molar refractivity (Wildman–Crippen MR) is 137 cm³/mol. The van der Waals surface area contributed by atoms with Crippen LogP contribution in [0.2, 0.25) is 0 Å². The highest BCUT2D eigenvalue weighted by Gasteiger charge is 2.42. The van der Waals surface area contributed by atoms with Gasteiger partial charge in [0.1, 0.15) is 17.2 Å². The van der Waals surface area contributed by atoms with E-state index in [0.29, 0.717) is 35.7 Å². The van der Waals surface area contributed by atoms with Crippen LogP contribution in [-0.2, 0) is 5.60 Å². The largest absolute Gasteiger partial charge is 0.497 e. The number of pyridine rings is 1. The monoisotopic (exact) mass is 474 g/mol. The molecule has 2 atom stereocenters. The van der Waals surface area contributed by atoms with Gasteiger partial charge in [-0.25, -0.2) is 9.37 Å². The number of benzene rings is 3. The van der Waals surface area contributed by atoms with Gasteiger partial charge in [-0.15, -0.1) is 0 Å². The standard InChI is InChI=1S/C29H31FN2O3/c1-32(2)16-15-29(33,22-11-8-12-23(30)19-22)27(20-9-6-5-7-10-20)25-18-21-17-24(34-3)13-14-26(21)31-28(25)35-4/h5-14,17-19,27,33H,15-16H2,1-4H3. The summed E-state index contributed by atoms with van der Waals surface area (Å²) >= 11 is 0. The van der Waals surface area contributed by atoms with Crippen molar-refractivity contribution >= 4 is 10.9 Å². The molecule has 0 saturated heterocycles. The minimum absolute atomic E-state index is 0.363. The summed E-state index contributed by atoms with van der Waals surface area (Å²) in [5, 5.41) is 13.4. The molecule has 4 aromatic rings. The average molecular weight is 475 g/mol. The fourth-order valence-corrected chi connectivity index (χ4v) is 4.62. The topological polar surface area (TPSA) is 54.8 Å². The van der Waals surface area contributed by atoms with E-state index in [4.69, 9.17) is 14.5 Å². The van der Waals surface area contributed by atoms with E-state index < -0.39 is 17.3 Å². The van der Waals surface area contributed by atoms with Gasteiger partial charge >= 0.3 is 0 Å². The first kappa shape index (κ1) is 24.6. The third-order valence-corrected chi connectivity index (χ3v) is 6.39. The van der Waals surface area contributed by atoms with Gasteiger partial charge in [-0.3, -0.25) is 0 Å². The molecule has 1 heterocycles. The highest BCUT2D eigenvalue weighted by Crippen LogP contribution is 2.47. The molecule has 0 aliphatic rings. The molecule has 5 nitrogen and oxygen atoms in total. The molecule has 0 radical (unpaired) electrons. The van der Waals surface area contributed by atoms with E-state index in [2.05, 4.69) is 0 Å². The van der Waals surface area contributed by atoms with Gasteiger partial charge in [0.2, 0.25) is 5.88 Å². The summed E-state index contributed by atoms with van der Waals surface area (Å²) in [4.78, 5) is 6.77. The Morgan fingerprint density at radius 3 is 2.37 bits per heavy atom. The number of halogens is 1. The first-order valence-corrected chi connectivity index (χ1v) is 11.6. The Morgan fingerprint density at radius 2 is 1.71 bits per heavy atom. The SMILES string of the molecule is COc1ccc2nc(OC)c(C(c3ccccc3)C(O)(CCN(C)C)c3cccc(F)c3)cc2c1. The van der Waals surface area contributed by atoms with Crippen molar-refractivity contribution in [2.45, 2.75) is 17.9 Å². The van der Waals surface area contributed by atoms with Gasteiger partial charge < -0.3 is 19.5 Å². The molecule has 0 amide bonds. The molecular weight excluding hydrogens is 443 g/mol. The zero-order valence-electron chi connectivity index (χ0n) is 20.5. The Bertz CT molecular complexity index is 1300. The van der Waals surface area contributed by atoms with Crippen molar-refractivity contribution in [3.63, 3.8) is 0 Å². The number of hydrogen-bond acceptors (Lipinski definition) is 5. The Morgan fingerprint density at radius 1 is 0.943 bits per heavy atom. The summed E-state index contributed by atoms with van der Waals surface area (Å²) in [7, 11) is 7.10. The van der Waals surface area contributed by atoms with Crippen molar-refractivity contribution in [3.8, 4) is 11.6 Å². The first-order valence-electron chi connectivity index (χ1n) is 11.6. The average Bonchev–Trinajstić information content (AvgIpc) is 2.87. The fraction of sp³-hybridized carbons (Fsp3) is 0.276. The third kappa shape index (κ3) is 5.14. The van der Waals surface area contributed by atoms with Crippen molar-refractivity contribution in [2.75, 3.05) is 34.9 Å². The normalized spacial score (nSPS) is 14.0. The number of ether oxygens (including phenoxy) is 2. The van der Waals surface area contributed by atoms with Gasteiger partial charge in [-0.1, -0.05) is 42.5 Å². The molecule has 0 spiro atoms. The van der Waals surface area contributed by atoms with Crippen LogP contribution in [0.25, 0.3) is 10.9 Å². The van der Waals surface area contributed by atoms with Gasteiger partial charge in [-0.2, -0.15) is 0 Å². The molecule has 0 aliphatic carbocycles. The van der Waals surface area contributed by atoms with Crippen LogP contribution in [0.4, 0.5) is 4.39 Å². The van der Waals surface area contributed by atoms with Crippen molar-refractivity contribution < 1.29 is 19.0 Å². The molecule has 0 fully saturated rings. The van der Waals surface area contributed by atoms with Crippen molar-refractivity contribution in [3.05, 3.63) is 101 Å². The van der Waals surface area contributed by atoms with E-state index in [-0.39, 0.29) is 0 Å². The number of aliphatic hydroxyl groups is 1. The number of aromatic nitrogens is 1. The highest BCUT2D eigenvalue weighted by molar-refractivity contribution is 5.82. The Kier molecular flexibility index (Phi) is 7.34. The second-order valence-electron chi connectivity index (χ2n) is 8.98. The molecule has 1 aromatic heterocycles. The van der Waals surface area contributed by atoms with Crippen LogP contribution in [0.1, 0.15) is 29.0 Å². The molecule has 0 bridgehead atoms. The van der Waals surface area contributed by atoms with Crippen LogP contribution in [-0.4, -0.2) is 49.9 Å². The van der Waals surface area contributed by atoms with Gasteiger partial charge in [0.25, 0.3) is 0 Å². The van der Waals surface area contributed by atoms with Crippen LogP contribution < -0.4 is 9.47 Å². The second kappa shape index (κ2) is 10.4. The lowest BCUT2D eigenvalue weighted by Crippen LogP contribution is -2.38. The molecule has 2 unspecified atom stereocenters. The Hall–Kier alpha value is -3.48. The number of rotatable bonds is 9. The molecule has 0 saturated carbocycles. The zero-order chi connectivity index (χ0) is 25.0. The first-order chi connectivity index (χ1) is 16.9. The van der Waals surface area contributed by atoms with Crippen LogP contribution in [0, 0.1) is 5.82 Å². The number of methoxy groups -OCH3 is 2. The summed E-state index contributed by atoms with van der Waals surface area (Å²) in [5.74, 6) is 0.144. The van der Waals surface area contributed by atoms with E-state index in [9.17, 15) is 9.50 Å². The van der Waals surface area contributed by atoms with E-state index in [1.165, 1.54) is 12.1 Å². The van der Waals surface area contributed by atoms with Crippen LogP contribution in [0.15, 0.2) is 78.9 Å². The summed E-state index contributed by atoms with van der Waals surface area (Å²) in [5.41, 5.74) is 1.39. The molecule has 3 aromatic carbocycles. The maximum Gasteiger partial charge on any atom is 0.217 e. The number of hydrogen-bond donors (Lipinski definition) is 1. The lowest BCUT2D eigenvalue weighted by molar-refractivity contribution is 0.00354. The predicted octanol–water partition coefficient (Wildman–Crippen LogP) is 5.36. The van der Waals surface area contributed by atoms with Gasteiger partial charge in [0.05, 0.1) is 19.7 Å². The summed E-state index contributed by atoms with van der Waals surface area (Å²) in [6.07, 6.45) is 0.363. The molecule has 182 valence electrons. The van der Waals surface area contributed by atoms with Gasteiger partial charge in [0.15, 0.2) is 0 Å². The van der Waals surface area contributed by atoms with Gasteiger partial charge in [0, 0.05) is 23.4 Å². The quantitative estimate of drug-likeness (QED) is 0.354. The summed E-state index contributed by atoms with van der Waals surface area (Å²) in [6, 6.07) is 23.6. The lowest BCUT2D eigenvalue weighted by Gasteiger charge is -2.39. The number of nitrogens with zero attached hydrogens (tertiary/aromatic N) is 2. The van der Waals surface area contributed by atoms with Crippen LogP contribution in [0.5, 0.6) is 11.6 Å². The zero-order valence-corrected chi connectivity index (χ0v) is 20.5. The Labute approximate surface area is 205 Å². The summed E-state index contributed by atoms with van der Waals surface area (Å²) in [6.45, 7) is 0.591. The molecule has 4 rings (SSSR count). The molecular formula is C29H31FN2O3. The molecule has 1 N–H and O–H groups in total. The number of fused-ring (bicyclic) bond motifs is 1. The maximum atomic E-state index is 14.4. The molecule has 6 heteroatoms. The van der Waals surface area contributed by atoms with Crippen LogP contribution >= 0.6 is 0 Å². The summed E-state index contributed by atoms with van der Waals surface area (Å²) < 4.78 is 25.6. The minimum Gasteiger partial charge on any atom is -0.497 e. The van der Waals surface area contributed by atoms with E-state index >= 15 is 0 Å².